The molecule has 5 nitrogen and oxygen atoms in total. The number of aromatic nitrogens is 1. The van der Waals surface area contributed by atoms with Crippen molar-refractivity contribution in [2.75, 3.05) is 5.32 Å². The van der Waals surface area contributed by atoms with Crippen LogP contribution in [-0.4, -0.2) is 22.5 Å². The Morgan fingerprint density at radius 1 is 1.50 bits per heavy atom. The van der Waals surface area contributed by atoms with Gasteiger partial charge >= 0.3 is 6.09 Å². The Labute approximate surface area is 124 Å². The zero-order chi connectivity index (χ0) is 15.8. The van der Waals surface area contributed by atoms with Crippen LogP contribution in [0.15, 0.2) is 18.9 Å². The number of rotatable bonds is 3. The summed E-state index contributed by atoms with van der Waals surface area (Å²) in [5, 5.41) is 2.83. The Hall–Kier alpha value is -1.69. The standard InChI is InChI=1S/C10H14N2O3S.C4H8/c1-6(13)7-5-11-8(16-7)12-9(14)15-10(2,3)4;1-3-4-2/h5H,1-4H3,(H,11,12,14);3H,1,4H2,2H3. The van der Waals surface area contributed by atoms with Crippen LogP contribution in [-0.2, 0) is 4.74 Å². The molecule has 0 bridgehead atoms. The Bertz CT molecular complexity index is 461. The number of nitrogens with one attached hydrogen (secondary N) is 1. The van der Waals surface area contributed by atoms with Crippen LogP contribution in [0.1, 0.15) is 50.7 Å². The van der Waals surface area contributed by atoms with E-state index in [0.717, 1.165) is 17.8 Å². The SMILES string of the molecule is C=CCC.CC(=O)c1cnc(NC(=O)OC(C)(C)C)s1. The van der Waals surface area contributed by atoms with Gasteiger partial charge in [0.1, 0.15) is 5.60 Å². The number of carbonyl (C=O) groups is 2. The second-order valence-electron chi connectivity index (χ2n) is 4.91. The fourth-order valence-electron chi connectivity index (χ4n) is 0.886. The van der Waals surface area contributed by atoms with Gasteiger partial charge in [0.2, 0.25) is 0 Å². The van der Waals surface area contributed by atoms with E-state index in [1.165, 1.54) is 13.1 Å². The molecule has 0 aliphatic carbocycles. The summed E-state index contributed by atoms with van der Waals surface area (Å²) in [5.41, 5.74) is -0.551. The predicted octanol–water partition coefficient (Wildman–Crippen LogP) is 4.28. The van der Waals surface area contributed by atoms with Gasteiger partial charge in [-0.2, -0.15) is 0 Å². The molecule has 0 spiro atoms. The molecule has 0 atom stereocenters. The van der Waals surface area contributed by atoms with Gasteiger partial charge in [0.05, 0.1) is 11.1 Å². The molecule has 6 heteroatoms. The highest BCUT2D eigenvalue weighted by atomic mass is 32.1. The summed E-state index contributed by atoms with van der Waals surface area (Å²) in [7, 11) is 0. The number of carbonyl (C=O) groups excluding carboxylic acids is 2. The summed E-state index contributed by atoms with van der Waals surface area (Å²) in [6.07, 6.45) is 3.82. The highest BCUT2D eigenvalue weighted by Gasteiger charge is 2.17. The molecule has 0 saturated carbocycles. The second kappa shape index (κ2) is 8.47. The number of allylic oxidation sites excluding steroid dienone is 1. The van der Waals surface area contributed by atoms with E-state index in [1.807, 2.05) is 6.08 Å². The van der Waals surface area contributed by atoms with E-state index in [4.69, 9.17) is 4.74 Å². The minimum atomic E-state index is -0.572. The molecule has 112 valence electrons. The molecule has 1 aromatic heterocycles. The van der Waals surface area contributed by atoms with E-state index >= 15 is 0 Å². The molecular formula is C14H22N2O3S. The van der Waals surface area contributed by atoms with Crippen LogP contribution < -0.4 is 5.32 Å². The maximum Gasteiger partial charge on any atom is 0.413 e. The largest absolute Gasteiger partial charge is 0.444 e. The van der Waals surface area contributed by atoms with Gasteiger partial charge in [0.25, 0.3) is 0 Å². The molecule has 0 aromatic carbocycles. The van der Waals surface area contributed by atoms with E-state index in [0.29, 0.717) is 10.0 Å². The molecule has 1 amide bonds. The predicted molar refractivity (Wildman–Crippen MR) is 82.5 cm³/mol. The van der Waals surface area contributed by atoms with E-state index in [9.17, 15) is 9.59 Å². The fourth-order valence-corrected chi connectivity index (χ4v) is 1.58. The molecule has 20 heavy (non-hydrogen) atoms. The van der Waals surface area contributed by atoms with Crippen LogP contribution in [0.25, 0.3) is 0 Å². The van der Waals surface area contributed by atoms with Crippen LogP contribution in [0.5, 0.6) is 0 Å². The number of hydrogen-bond acceptors (Lipinski definition) is 5. The summed E-state index contributed by atoms with van der Waals surface area (Å²) in [6, 6.07) is 0. The molecule has 0 fully saturated rings. The third-order valence-electron chi connectivity index (χ3n) is 1.75. The van der Waals surface area contributed by atoms with Gasteiger partial charge in [-0.15, -0.1) is 6.58 Å². The number of thiazole rings is 1. The van der Waals surface area contributed by atoms with Crippen molar-refractivity contribution in [1.82, 2.24) is 4.98 Å². The first-order chi connectivity index (χ1) is 9.19. The lowest BCUT2D eigenvalue weighted by atomic mass is 10.2. The number of nitrogens with zero attached hydrogens (tertiary/aromatic N) is 1. The maximum absolute atomic E-state index is 11.4. The molecule has 0 saturated heterocycles. The Kier molecular flexibility index (Phi) is 7.76. The number of amides is 1. The lowest BCUT2D eigenvalue weighted by molar-refractivity contribution is 0.0635. The van der Waals surface area contributed by atoms with Gasteiger partial charge in [-0.3, -0.25) is 10.1 Å². The third-order valence-corrected chi connectivity index (χ3v) is 2.76. The van der Waals surface area contributed by atoms with E-state index in [-0.39, 0.29) is 5.78 Å². The van der Waals surface area contributed by atoms with Crippen molar-refractivity contribution in [1.29, 1.82) is 0 Å². The van der Waals surface area contributed by atoms with Crippen molar-refractivity contribution in [3.63, 3.8) is 0 Å². The molecule has 0 radical (unpaired) electrons. The molecule has 0 aliphatic rings. The van der Waals surface area contributed by atoms with Crippen molar-refractivity contribution >= 4 is 28.3 Å². The van der Waals surface area contributed by atoms with Crippen LogP contribution >= 0.6 is 11.3 Å². The lowest BCUT2D eigenvalue weighted by Crippen LogP contribution is -2.27. The van der Waals surface area contributed by atoms with Gasteiger partial charge in [-0.05, 0) is 27.2 Å². The highest BCUT2D eigenvalue weighted by Crippen LogP contribution is 2.19. The van der Waals surface area contributed by atoms with Crippen molar-refractivity contribution in [2.45, 2.75) is 46.6 Å². The maximum atomic E-state index is 11.4. The molecular weight excluding hydrogens is 276 g/mol. The minimum Gasteiger partial charge on any atom is -0.444 e. The summed E-state index contributed by atoms with van der Waals surface area (Å²) in [5.74, 6) is -0.0743. The first-order valence-electron chi connectivity index (χ1n) is 6.27. The summed E-state index contributed by atoms with van der Waals surface area (Å²) < 4.78 is 5.04. The Morgan fingerprint density at radius 3 is 2.40 bits per heavy atom. The molecule has 1 rings (SSSR count). The average Bonchev–Trinajstić information content (AvgIpc) is 2.75. The first kappa shape index (κ1) is 18.3. The summed E-state index contributed by atoms with van der Waals surface area (Å²) in [6.45, 7) is 12.3. The van der Waals surface area contributed by atoms with Crippen molar-refractivity contribution in [3.8, 4) is 0 Å². The van der Waals surface area contributed by atoms with Gasteiger partial charge in [-0.25, -0.2) is 9.78 Å². The number of ether oxygens (including phenoxy) is 1. The topological polar surface area (TPSA) is 68.3 Å². The molecule has 1 N–H and O–H groups in total. The van der Waals surface area contributed by atoms with Gasteiger partial charge in [0, 0.05) is 6.92 Å². The fraction of sp³-hybridized carbons (Fsp3) is 0.500. The number of hydrogen-bond donors (Lipinski definition) is 1. The monoisotopic (exact) mass is 298 g/mol. The smallest absolute Gasteiger partial charge is 0.413 e. The quantitative estimate of drug-likeness (QED) is 0.668. The van der Waals surface area contributed by atoms with Gasteiger partial charge in [-0.1, -0.05) is 24.3 Å². The highest BCUT2D eigenvalue weighted by molar-refractivity contribution is 7.17. The van der Waals surface area contributed by atoms with Crippen LogP contribution in [0, 0.1) is 0 Å². The molecule has 1 aromatic rings. The third kappa shape index (κ3) is 8.42. The first-order valence-corrected chi connectivity index (χ1v) is 7.09. The number of anilines is 1. The van der Waals surface area contributed by atoms with Crippen molar-refractivity contribution < 1.29 is 14.3 Å². The second-order valence-corrected chi connectivity index (χ2v) is 5.94. The van der Waals surface area contributed by atoms with Crippen molar-refractivity contribution in [3.05, 3.63) is 23.7 Å². The van der Waals surface area contributed by atoms with E-state index in [2.05, 4.69) is 23.8 Å². The van der Waals surface area contributed by atoms with Gasteiger partial charge < -0.3 is 4.74 Å². The zero-order valence-electron chi connectivity index (χ0n) is 12.6. The number of Topliss-reactive ketones (excluding diaryl/α,β-unsaturated/α-hetero) is 1. The number of ketones is 1. The van der Waals surface area contributed by atoms with Crippen LogP contribution in [0.2, 0.25) is 0 Å². The Balaban J connectivity index is 0.000000796. The Morgan fingerprint density at radius 2 is 2.05 bits per heavy atom. The molecule has 1 heterocycles. The normalized spacial score (nSPS) is 10.1. The van der Waals surface area contributed by atoms with E-state index in [1.54, 1.807) is 20.8 Å². The molecule has 0 unspecified atom stereocenters. The minimum absolute atomic E-state index is 0.0743. The zero-order valence-corrected chi connectivity index (χ0v) is 13.5. The van der Waals surface area contributed by atoms with E-state index < -0.39 is 11.7 Å². The summed E-state index contributed by atoms with van der Waals surface area (Å²) in [4.78, 5) is 26.8. The molecule has 0 aliphatic heterocycles. The average molecular weight is 298 g/mol. The summed E-state index contributed by atoms with van der Waals surface area (Å²) >= 11 is 1.12. The van der Waals surface area contributed by atoms with Crippen LogP contribution in [0.4, 0.5) is 9.93 Å². The van der Waals surface area contributed by atoms with Gasteiger partial charge in [0.15, 0.2) is 10.9 Å². The lowest BCUT2D eigenvalue weighted by Gasteiger charge is -2.18. The van der Waals surface area contributed by atoms with Crippen molar-refractivity contribution in [2.24, 2.45) is 0 Å². The van der Waals surface area contributed by atoms with Crippen LogP contribution in [0.3, 0.4) is 0 Å².